The van der Waals surface area contributed by atoms with E-state index >= 15 is 0 Å². The van der Waals surface area contributed by atoms with Crippen LogP contribution in [0.15, 0.2) is 0 Å². The summed E-state index contributed by atoms with van der Waals surface area (Å²) in [4.78, 5) is 0. The number of hydrogen-bond donors (Lipinski definition) is 3. The number of nitrogens with zero attached hydrogens (tertiary/aromatic N) is 1. The molecule has 0 spiro atoms. The van der Waals surface area contributed by atoms with Crippen LogP contribution in [0.4, 0.5) is 0 Å². The van der Waals surface area contributed by atoms with E-state index < -0.39 is 0 Å². The predicted molar refractivity (Wildman–Crippen MR) is 49.2 cm³/mol. The fourth-order valence-corrected chi connectivity index (χ4v) is 0.239. The van der Waals surface area contributed by atoms with E-state index in [9.17, 15) is 0 Å². The van der Waals surface area contributed by atoms with Crippen molar-refractivity contribution in [2.45, 2.75) is 19.4 Å². The number of nitrogens with two attached hydrogens (primary N) is 1. The molecule has 0 saturated heterocycles. The average molecular weight is 181 g/mol. The highest BCUT2D eigenvalue weighted by molar-refractivity contribution is 5.85. The Morgan fingerprint density at radius 2 is 1.91 bits per heavy atom. The molecule has 1 atom stereocenters. The molecular weight excluding hydrogens is 164 g/mol. The Morgan fingerprint density at radius 1 is 1.55 bits per heavy atom. The van der Waals surface area contributed by atoms with Gasteiger partial charge in [0.1, 0.15) is 0 Å². The van der Waals surface area contributed by atoms with E-state index in [2.05, 4.69) is 22.7 Å². The van der Waals surface area contributed by atoms with E-state index in [4.69, 9.17) is 5.26 Å². The molecule has 4 nitrogen and oxygen atoms in total. The van der Waals surface area contributed by atoms with E-state index in [1.165, 1.54) is 0 Å². The van der Waals surface area contributed by atoms with E-state index in [1.807, 2.05) is 14.0 Å². The van der Waals surface area contributed by atoms with Crippen molar-refractivity contribution in [3.8, 4) is 6.07 Å². The third kappa shape index (κ3) is 26.1. The summed E-state index contributed by atoms with van der Waals surface area (Å²) in [7, 11) is 3.50. The summed E-state index contributed by atoms with van der Waals surface area (Å²) in [5.41, 5.74) is 2.25. The largest absolute Gasteiger partial charge is 0.316 e. The predicted octanol–water partition coefficient (Wildman–Crippen LogP) is 0.00928. The van der Waals surface area contributed by atoms with Crippen LogP contribution in [0.25, 0.3) is 0 Å². The molecule has 0 radical (unpaired) electrons. The maximum Gasteiger partial charge on any atom is 0.0638 e. The van der Waals surface area contributed by atoms with Crippen LogP contribution in [0.3, 0.4) is 0 Å². The second-order valence-corrected chi connectivity index (χ2v) is 1.84. The minimum absolute atomic E-state index is 0. The standard InChI is InChI=1S/C5H10N2.CH6N2.ClH/c1-5(7-2)3-4-6;1-3-2;/h5,7H,3H2,1-2H3;3H,2H2,1H3;1H. The third-order valence-electron chi connectivity index (χ3n) is 0.890. The van der Waals surface area contributed by atoms with Crippen LogP contribution >= 0.6 is 12.4 Å². The monoisotopic (exact) mass is 180 g/mol. The molecule has 5 heteroatoms. The van der Waals surface area contributed by atoms with Crippen molar-refractivity contribution < 1.29 is 0 Å². The van der Waals surface area contributed by atoms with Crippen LogP contribution in [0.1, 0.15) is 13.3 Å². The van der Waals surface area contributed by atoms with Gasteiger partial charge in [0.05, 0.1) is 12.5 Å². The summed E-state index contributed by atoms with van der Waals surface area (Å²) in [6.07, 6.45) is 0.594. The van der Waals surface area contributed by atoms with Gasteiger partial charge in [0.15, 0.2) is 0 Å². The minimum Gasteiger partial charge on any atom is -0.316 e. The average Bonchev–Trinajstić information content (AvgIpc) is 1.90. The van der Waals surface area contributed by atoms with Crippen molar-refractivity contribution in [1.82, 2.24) is 10.7 Å². The van der Waals surface area contributed by atoms with Crippen molar-refractivity contribution in [3.63, 3.8) is 0 Å². The van der Waals surface area contributed by atoms with Gasteiger partial charge >= 0.3 is 0 Å². The zero-order chi connectivity index (χ0) is 8.41. The van der Waals surface area contributed by atoms with Crippen molar-refractivity contribution >= 4 is 12.4 Å². The first-order chi connectivity index (χ1) is 4.72. The molecular formula is C6H17ClN4. The fourth-order valence-electron chi connectivity index (χ4n) is 0.239. The summed E-state index contributed by atoms with van der Waals surface area (Å²) in [5.74, 6) is 4.60. The second-order valence-electron chi connectivity index (χ2n) is 1.84. The van der Waals surface area contributed by atoms with E-state index in [0.717, 1.165) is 0 Å². The Balaban J connectivity index is -0.000000140. The molecule has 68 valence electrons. The molecule has 1 unspecified atom stereocenters. The molecule has 11 heavy (non-hydrogen) atoms. The van der Waals surface area contributed by atoms with Crippen LogP contribution in [0.2, 0.25) is 0 Å². The lowest BCUT2D eigenvalue weighted by Gasteiger charge is -2.00. The maximum absolute atomic E-state index is 8.08. The van der Waals surface area contributed by atoms with Gasteiger partial charge in [-0.25, -0.2) is 0 Å². The zero-order valence-electron chi connectivity index (χ0n) is 7.22. The number of hydrazine groups is 1. The molecule has 0 aromatic carbocycles. The quantitative estimate of drug-likeness (QED) is 0.414. The molecule has 4 N–H and O–H groups in total. The van der Waals surface area contributed by atoms with Crippen molar-refractivity contribution in [3.05, 3.63) is 0 Å². The number of nitrogens with one attached hydrogen (secondary N) is 2. The van der Waals surface area contributed by atoms with E-state index in [-0.39, 0.29) is 12.4 Å². The molecule has 0 aromatic heterocycles. The third-order valence-corrected chi connectivity index (χ3v) is 0.890. The van der Waals surface area contributed by atoms with Gasteiger partial charge in [0, 0.05) is 6.04 Å². The lowest BCUT2D eigenvalue weighted by molar-refractivity contribution is 0.625. The molecule has 0 amide bonds. The summed E-state index contributed by atoms with van der Waals surface area (Å²) < 4.78 is 0. The number of halogens is 1. The Kier molecular flexibility index (Phi) is 25.2. The minimum atomic E-state index is 0. The molecule has 0 fully saturated rings. The van der Waals surface area contributed by atoms with Gasteiger partial charge in [-0.15, -0.1) is 12.4 Å². The van der Waals surface area contributed by atoms with Gasteiger partial charge in [0.2, 0.25) is 0 Å². The van der Waals surface area contributed by atoms with Gasteiger partial charge in [-0.05, 0) is 21.0 Å². The molecule has 0 rings (SSSR count). The molecule has 0 aromatic rings. The van der Waals surface area contributed by atoms with Gasteiger partial charge in [-0.2, -0.15) is 5.26 Å². The molecule has 0 aliphatic rings. The highest BCUT2D eigenvalue weighted by Gasteiger charge is 1.91. The van der Waals surface area contributed by atoms with E-state index in [1.54, 1.807) is 7.05 Å². The highest BCUT2D eigenvalue weighted by atomic mass is 35.5. The lowest BCUT2D eigenvalue weighted by atomic mass is 10.3. The number of hydrogen-bond acceptors (Lipinski definition) is 4. The van der Waals surface area contributed by atoms with Gasteiger partial charge in [0.25, 0.3) is 0 Å². The molecule has 0 saturated carbocycles. The SMILES string of the molecule is CNC(C)CC#N.CNN.Cl. The lowest BCUT2D eigenvalue weighted by Crippen LogP contribution is -2.19. The Bertz CT molecular complexity index is 91.1. The maximum atomic E-state index is 8.08. The van der Waals surface area contributed by atoms with Gasteiger partial charge in [-0.1, -0.05) is 0 Å². The molecule has 0 heterocycles. The summed E-state index contributed by atoms with van der Waals surface area (Å²) >= 11 is 0. The van der Waals surface area contributed by atoms with Crippen molar-refractivity contribution in [1.29, 1.82) is 5.26 Å². The molecule has 0 bridgehead atoms. The first kappa shape index (κ1) is 17.0. The molecule has 0 aliphatic carbocycles. The smallest absolute Gasteiger partial charge is 0.0638 e. The molecule has 0 aliphatic heterocycles. The number of rotatable bonds is 2. The normalized spacial score (nSPS) is 9.73. The highest BCUT2D eigenvalue weighted by Crippen LogP contribution is 1.82. The first-order valence-corrected chi connectivity index (χ1v) is 3.14. The summed E-state index contributed by atoms with van der Waals surface area (Å²) in [6, 6.07) is 2.39. The van der Waals surface area contributed by atoms with Crippen LogP contribution in [-0.2, 0) is 0 Å². The van der Waals surface area contributed by atoms with Crippen LogP contribution < -0.4 is 16.6 Å². The number of nitriles is 1. The Labute approximate surface area is 74.5 Å². The second kappa shape index (κ2) is 16.3. The Morgan fingerprint density at radius 3 is 2.00 bits per heavy atom. The topological polar surface area (TPSA) is 73.9 Å². The van der Waals surface area contributed by atoms with Crippen LogP contribution in [0.5, 0.6) is 0 Å². The summed E-state index contributed by atoms with van der Waals surface area (Å²) in [5, 5.41) is 11.0. The van der Waals surface area contributed by atoms with Gasteiger partial charge in [-0.3, -0.25) is 11.3 Å². The first-order valence-electron chi connectivity index (χ1n) is 3.14. The summed E-state index contributed by atoms with van der Waals surface area (Å²) in [6.45, 7) is 1.98. The van der Waals surface area contributed by atoms with Crippen LogP contribution in [-0.4, -0.2) is 20.1 Å². The van der Waals surface area contributed by atoms with E-state index in [0.29, 0.717) is 12.5 Å². The van der Waals surface area contributed by atoms with Crippen LogP contribution in [0, 0.1) is 11.3 Å². The zero-order valence-corrected chi connectivity index (χ0v) is 8.03. The van der Waals surface area contributed by atoms with Gasteiger partial charge < -0.3 is 5.32 Å². The van der Waals surface area contributed by atoms with Crippen molar-refractivity contribution in [2.75, 3.05) is 14.1 Å². The van der Waals surface area contributed by atoms with Crippen molar-refractivity contribution in [2.24, 2.45) is 5.84 Å². The Hall–Kier alpha value is -0.340. The fraction of sp³-hybridized carbons (Fsp3) is 0.833.